The molecule has 2 nitrogen and oxygen atoms in total. The molecule has 2 fully saturated rings. The van der Waals surface area contributed by atoms with Gasteiger partial charge in [0.25, 0.3) is 0 Å². The van der Waals surface area contributed by atoms with Gasteiger partial charge >= 0.3 is 0 Å². The highest BCUT2D eigenvalue weighted by atomic mass is 15.2. The Bertz CT molecular complexity index is 301. The van der Waals surface area contributed by atoms with E-state index in [0.717, 1.165) is 5.92 Å². The van der Waals surface area contributed by atoms with Gasteiger partial charge in [0.15, 0.2) is 0 Å². The summed E-state index contributed by atoms with van der Waals surface area (Å²) < 4.78 is 0. The number of nitrogens with one attached hydrogen (secondary N) is 1. The van der Waals surface area contributed by atoms with E-state index in [1.165, 1.54) is 77.5 Å². The number of hydrogen-bond donors (Lipinski definition) is 1. The lowest BCUT2D eigenvalue weighted by Gasteiger charge is -2.40. The predicted molar refractivity (Wildman–Crippen MR) is 92.7 cm³/mol. The first-order valence-electron chi connectivity index (χ1n) is 9.50. The second-order valence-electron chi connectivity index (χ2n) is 8.28. The van der Waals surface area contributed by atoms with Crippen LogP contribution in [0, 0.1) is 11.3 Å². The highest BCUT2D eigenvalue weighted by Gasteiger charge is 2.38. The van der Waals surface area contributed by atoms with E-state index in [0.29, 0.717) is 11.0 Å². The van der Waals surface area contributed by atoms with Gasteiger partial charge in [-0.1, -0.05) is 40.5 Å². The molecule has 2 heteroatoms. The smallest absolute Gasteiger partial charge is 0.0303 e. The summed E-state index contributed by atoms with van der Waals surface area (Å²) in [6.07, 6.45) is 11.1. The maximum absolute atomic E-state index is 3.86. The quantitative estimate of drug-likeness (QED) is 0.778. The van der Waals surface area contributed by atoms with Crippen molar-refractivity contribution >= 4 is 0 Å². The van der Waals surface area contributed by atoms with Crippen LogP contribution in [0.4, 0.5) is 0 Å². The molecule has 0 aromatic carbocycles. The van der Waals surface area contributed by atoms with Crippen LogP contribution >= 0.6 is 0 Å². The van der Waals surface area contributed by atoms with Gasteiger partial charge in [0.2, 0.25) is 0 Å². The Balaban J connectivity index is 2.04. The van der Waals surface area contributed by atoms with Gasteiger partial charge in [0.1, 0.15) is 0 Å². The van der Waals surface area contributed by atoms with Crippen LogP contribution in [-0.4, -0.2) is 36.6 Å². The Kier molecular flexibility index (Phi) is 6.14. The van der Waals surface area contributed by atoms with Crippen LogP contribution in [0.5, 0.6) is 0 Å². The van der Waals surface area contributed by atoms with Crippen LogP contribution in [-0.2, 0) is 0 Å². The molecular formula is C19H38N2. The third kappa shape index (κ3) is 4.45. The van der Waals surface area contributed by atoms with Crippen molar-refractivity contribution in [1.29, 1.82) is 0 Å². The largest absolute Gasteiger partial charge is 0.310 e. The first-order chi connectivity index (χ1) is 10.0. The summed E-state index contributed by atoms with van der Waals surface area (Å²) >= 11 is 0. The van der Waals surface area contributed by atoms with Crippen molar-refractivity contribution in [2.75, 3.05) is 26.2 Å². The Morgan fingerprint density at radius 2 is 1.71 bits per heavy atom. The van der Waals surface area contributed by atoms with Crippen LogP contribution in [0.15, 0.2) is 0 Å². The molecule has 0 amide bonds. The summed E-state index contributed by atoms with van der Waals surface area (Å²) in [4.78, 5) is 2.82. The molecule has 1 saturated carbocycles. The number of rotatable bonds is 6. The molecule has 0 unspecified atom stereocenters. The van der Waals surface area contributed by atoms with Crippen molar-refractivity contribution in [2.45, 2.75) is 84.6 Å². The number of nitrogens with zero attached hydrogens (tertiary/aromatic N) is 1. The minimum atomic E-state index is 0.369. The molecule has 2 aliphatic rings. The second-order valence-corrected chi connectivity index (χ2v) is 8.28. The lowest BCUT2D eigenvalue weighted by molar-refractivity contribution is 0.107. The summed E-state index contributed by atoms with van der Waals surface area (Å²) in [6.45, 7) is 14.7. The van der Waals surface area contributed by atoms with Crippen LogP contribution in [0.1, 0.15) is 79.1 Å². The topological polar surface area (TPSA) is 15.3 Å². The van der Waals surface area contributed by atoms with E-state index < -0.39 is 0 Å². The fourth-order valence-corrected chi connectivity index (χ4v) is 4.97. The fraction of sp³-hybridized carbons (Fsp3) is 1.00. The molecule has 0 radical (unpaired) electrons. The van der Waals surface area contributed by atoms with Crippen molar-refractivity contribution < 1.29 is 0 Å². The monoisotopic (exact) mass is 294 g/mol. The van der Waals surface area contributed by atoms with E-state index in [-0.39, 0.29) is 0 Å². The second kappa shape index (κ2) is 7.46. The molecule has 1 aliphatic carbocycles. The molecule has 21 heavy (non-hydrogen) atoms. The normalized spacial score (nSPS) is 26.1. The van der Waals surface area contributed by atoms with Crippen molar-refractivity contribution in [3.63, 3.8) is 0 Å². The summed E-state index contributed by atoms with van der Waals surface area (Å²) in [5, 5.41) is 3.86. The van der Waals surface area contributed by atoms with E-state index in [2.05, 4.69) is 37.9 Å². The van der Waals surface area contributed by atoms with E-state index in [4.69, 9.17) is 0 Å². The van der Waals surface area contributed by atoms with Crippen LogP contribution in [0.2, 0.25) is 0 Å². The molecule has 124 valence electrons. The van der Waals surface area contributed by atoms with Gasteiger partial charge in [0.05, 0.1) is 0 Å². The first-order valence-corrected chi connectivity index (χ1v) is 9.50. The lowest BCUT2D eigenvalue weighted by Crippen LogP contribution is -2.52. The maximum Gasteiger partial charge on any atom is 0.0303 e. The summed E-state index contributed by atoms with van der Waals surface area (Å²) in [5.74, 6) is 0.843. The Morgan fingerprint density at radius 3 is 2.29 bits per heavy atom. The van der Waals surface area contributed by atoms with Crippen molar-refractivity contribution in [3.05, 3.63) is 0 Å². The highest BCUT2D eigenvalue weighted by Crippen LogP contribution is 2.44. The summed E-state index contributed by atoms with van der Waals surface area (Å²) in [5.41, 5.74) is 1.000. The standard InChI is InChI=1S/C19H38N2/c1-5-19(6-2)16-21(13-9-12-20-19)15-18(14-17(3)4)10-7-8-11-18/h17,20H,5-16H2,1-4H3. The molecule has 0 atom stereocenters. The van der Waals surface area contributed by atoms with E-state index in [1.54, 1.807) is 0 Å². The van der Waals surface area contributed by atoms with Crippen molar-refractivity contribution in [3.8, 4) is 0 Å². The molecule has 2 rings (SSSR count). The SMILES string of the molecule is CCC1(CC)CN(CC2(CC(C)C)CCCC2)CCCN1. The zero-order chi connectivity index (χ0) is 15.3. The average Bonchev–Trinajstić information content (AvgIpc) is 2.78. The molecule has 1 saturated heterocycles. The molecule has 0 aromatic rings. The van der Waals surface area contributed by atoms with Gasteiger partial charge in [0, 0.05) is 18.6 Å². The third-order valence-corrected chi connectivity index (χ3v) is 6.10. The number of hydrogen-bond acceptors (Lipinski definition) is 2. The van der Waals surface area contributed by atoms with Crippen molar-refractivity contribution in [1.82, 2.24) is 10.2 Å². The van der Waals surface area contributed by atoms with Crippen LogP contribution in [0.3, 0.4) is 0 Å². The first kappa shape index (κ1) is 17.3. The molecular weight excluding hydrogens is 256 g/mol. The molecule has 0 spiro atoms. The van der Waals surface area contributed by atoms with E-state index >= 15 is 0 Å². The third-order valence-electron chi connectivity index (χ3n) is 6.10. The minimum Gasteiger partial charge on any atom is -0.310 e. The van der Waals surface area contributed by atoms with Gasteiger partial charge in [-0.2, -0.15) is 0 Å². The average molecular weight is 295 g/mol. The van der Waals surface area contributed by atoms with Crippen molar-refractivity contribution in [2.24, 2.45) is 11.3 Å². The Morgan fingerprint density at radius 1 is 1.05 bits per heavy atom. The summed E-state index contributed by atoms with van der Waals surface area (Å²) in [6, 6.07) is 0. The van der Waals surface area contributed by atoms with E-state index in [1.807, 2.05) is 0 Å². The van der Waals surface area contributed by atoms with Crippen LogP contribution < -0.4 is 5.32 Å². The van der Waals surface area contributed by atoms with Crippen LogP contribution in [0.25, 0.3) is 0 Å². The predicted octanol–water partition coefficient (Wildman–Crippen LogP) is 4.45. The fourth-order valence-electron chi connectivity index (χ4n) is 4.97. The van der Waals surface area contributed by atoms with E-state index in [9.17, 15) is 0 Å². The van der Waals surface area contributed by atoms with Gasteiger partial charge < -0.3 is 10.2 Å². The Labute approximate surface area is 133 Å². The Hall–Kier alpha value is -0.0800. The molecule has 0 bridgehead atoms. The van der Waals surface area contributed by atoms with Gasteiger partial charge in [-0.3, -0.25) is 0 Å². The molecule has 1 N–H and O–H groups in total. The molecule has 0 aromatic heterocycles. The minimum absolute atomic E-state index is 0.369. The summed E-state index contributed by atoms with van der Waals surface area (Å²) in [7, 11) is 0. The van der Waals surface area contributed by atoms with Gasteiger partial charge in [-0.15, -0.1) is 0 Å². The maximum atomic E-state index is 3.86. The highest BCUT2D eigenvalue weighted by molar-refractivity contribution is 4.95. The zero-order valence-corrected chi connectivity index (χ0v) is 15.0. The van der Waals surface area contributed by atoms with Gasteiger partial charge in [-0.05, 0) is 62.9 Å². The molecule has 1 heterocycles. The lowest BCUT2D eigenvalue weighted by atomic mass is 9.77. The zero-order valence-electron chi connectivity index (χ0n) is 15.0. The molecule has 1 aliphatic heterocycles. The van der Waals surface area contributed by atoms with Gasteiger partial charge in [-0.25, -0.2) is 0 Å².